The van der Waals surface area contributed by atoms with E-state index in [0.717, 1.165) is 16.5 Å². The van der Waals surface area contributed by atoms with E-state index >= 15 is 0 Å². The maximum absolute atomic E-state index is 12.1. The quantitative estimate of drug-likeness (QED) is 0.561. The second kappa shape index (κ2) is 6.94. The lowest BCUT2D eigenvalue weighted by Gasteiger charge is -2.08. The van der Waals surface area contributed by atoms with Crippen LogP contribution in [0.15, 0.2) is 76.9 Å². The summed E-state index contributed by atoms with van der Waals surface area (Å²) in [5.74, 6) is 0.789. The first-order valence-electron chi connectivity index (χ1n) is 7.96. The molecule has 2 heterocycles. The molecule has 6 heteroatoms. The summed E-state index contributed by atoms with van der Waals surface area (Å²) in [7, 11) is 0. The summed E-state index contributed by atoms with van der Waals surface area (Å²) in [4.78, 5) is 23.6. The van der Waals surface area contributed by atoms with Crippen molar-refractivity contribution in [2.45, 2.75) is 17.5 Å². The number of benzene rings is 2. The third kappa shape index (κ3) is 3.34. The molecule has 0 fully saturated rings. The fourth-order valence-electron chi connectivity index (χ4n) is 2.67. The van der Waals surface area contributed by atoms with Crippen molar-refractivity contribution in [3.63, 3.8) is 0 Å². The Morgan fingerprint density at radius 3 is 2.36 bits per heavy atom. The molecule has 2 aromatic carbocycles. The Kier molecular flexibility index (Phi) is 4.35. The summed E-state index contributed by atoms with van der Waals surface area (Å²) in [5.41, 5.74) is 3.15. The highest BCUT2D eigenvalue weighted by atomic mass is 32.2. The zero-order chi connectivity index (χ0) is 17.1. The summed E-state index contributed by atoms with van der Waals surface area (Å²) in [5, 5.41) is 0.798. The second-order valence-electron chi connectivity index (χ2n) is 5.64. The maximum atomic E-state index is 12.1. The molecule has 0 bridgehead atoms. The number of rotatable bonds is 5. The minimum Gasteiger partial charge on any atom is -0.311 e. The number of nitrogens with zero attached hydrogens (tertiary/aromatic N) is 3. The molecule has 0 unspecified atom stereocenters. The number of hydrogen-bond donors (Lipinski definition) is 1. The Morgan fingerprint density at radius 1 is 0.960 bits per heavy atom. The molecule has 2 aromatic heterocycles. The van der Waals surface area contributed by atoms with Gasteiger partial charge in [0, 0.05) is 5.75 Å². The molecule has 5 nitrogen and oxygen atoms in total. The van der Waals surface area contributed by atoms with Crippen LogP contribution in [-0.4, -0.2) is 19.5 Å². The molecule has 124 valence electrons. The van der Waals surface area contributed by atoms with Gasteiger partial charge in [0.15, 0.2) is 16.3 Å². The number of thioether (sulfide) groups is 1. The van der Waals surface area contributed by atoms with Crippen molar-refractivity contribution in [2.24, 2.45) is 0 Å². The molecule has 0 saturated carbocycles. The molecule has 0 aliphatic rings. The van der Waals surface area contributed by atoms with E-state index in [1.165, 1.54) is 11.9 Å². The molecule has 4 aromatic rings. The van der Waals surface area contributed by atoms with Gasteiger partial charge >= 0.3 is 0 Å². The van der Waals surface area contributed by atoms with E-state index in [9.17, 15) is 4.79 Å². The van der Waals surface area contributed by atoms with Gasteiger partial charge in [-0.1, -0.05) is 72.4 Å². The third-order valence-electron chi connectivity index (χ3n) is 3.90. The Bertz CT molecular complexity index is 1040. The third-order valence-corrected chi connectivity index (χ3v) is 4.95. The van der Waals surface area contributed by atoms with Crippen molar-refractivity contribution < 1.29 is 0 Å². The topological polar surface area (TPSA) is 63.6 Å². The van der Waals surface area contributed by atoms with Gasteiger partial charge < -0.3 is 4.98 Å². The van der Waals surface area contributed by atoms with Crippen LogP contribution in [0.3, 0.4) is 0 Å². The molecular formula is C19H16N4OS. The van der Waals surface area contributed by atoms with Crippen molar-refractivity contribution >= 4 is 22.9 Å². The SMILES string of the molecule is O=c1[nH]cnc2c1nc(SCc1ccccc1)n2Cc1ccccc1. The predicted octanol–water partition coefficient (Wildman–Crippen LogP) is 3.46. The van der Waals surface area contributed by atoms with E-state index < -0.39 is 0 Å². The van der Waals surface area contributed by atoms with Crippen LogP contribution in [0.25, 0.3) is 11.2 Å². The Balaban J connectivity index is 1.73. The monoisotopic (exact) mass is 348 g/mol. The van der Waals surface area contributed by atoms with E-state index in [1.807, 2.05) is 41.0 Å². The first-order valence-corrected chi connectivity index (χ1v) is 8.94. The number of imidazole rings is 1. The van der Waals surface area contributed by atoms with Gasteiger partial charge in [0.2, 0.25) is 0 Å². The molecule has 0 aliphatic heterocycles. The maximum Gasteiger partial charge on any atom is 0.278 e. The van der Waals surface area contributed by atoms with E-state index in [-0.39, 0.29) is 5.56 Å². The highest BCUT2D eigenvalue weighted by Crippen LogP contribution is 2.25. The lowest BCUT2D eigenvalue weighted by Crippen LogP contribution is -2.08. The van der Waals surface area contributed by atoms with Crippen LogP contribution in [0.4, 0.5) is 0 Å². The number of fused-ring (bicyclic) bond motifs is 1. The molecule has 25 heavy (non-hydrogen) atoms. The largest absolute Gasteiger partial charge is 0.311 e. The van der Waals surface area contributed by atoms with Gasteiger partial charge in [-0.3, -0.25) is 9.36 Å². The van der Waals surface area contributed by atoms with Gasteiger partial charge in [-0.2, -0.15) is 0 Å². The van der Waals surface area contributed by atoms with Crippen molar-refractivity contribution in [1.29, 1.82) is 0 Å². The summed E-state index contributed by atoms with van der Waals surface area (Å²) < 4.78 is 2.01. The van der Waals surface area contributed by atoms with Crippen molar-refractivity contribution in [1.82, 2.24) is 19.5 Å². The Labute approximate surface area is 148 Å². The minimum atomic E-state index is -0.210. The molecule has 0 saturated heterocycles. The first kappa shape index (κ1) is 15.7. The molecule has 0 amide bonds. The van der Waals surface area contributed by atoms with Crippen LogP contribution in [0.2, 0.25) is 0 Å². The summed E-state index contributed by atoms with van der Waals surface area (Å²) in [6, 6.07) is 20.3. The average Bonchev–Trinajstić information content (AvgIpc) is 3.01. The van der Waals surface area contributed by atoms with Gasteiger partial charge in [-0.05, 0) is 11.1 Å². The van der Waals surface area contributed by atoms with Crippen molar-refractivity contribution in [2.75, 3.05) is 0 Å². The Hall–Kier alpha value is -2.86. The number of nitrogens with one attached hydrogen (secondary N) is 1. The molecule has 0 aliphatic carbocycles. The van der Waals surface area contributed by atoms with Crippen LogP contribution in [0.5, 0.6) is 0 Å². The van der Waals surface area contributed by atoms with E-state index in [4.69, 9.17) is 0 Å². The van der Waals surface area contributed by atoms with Gasteiger partial charge in [0.1, 0.15) is 0 Å². The summed E-state index contributed by atoms with van der Waals surface area (Å²) >= 11 is 1.61. The highest BCUT2D eigenvalue weighted by Gasteiger charge is 2.15. The first-order chi connectivity index (χ1) is 12.3. The molecule has 0 spiro atoms. The number of aromatic nitrogens is 4. The normalized spacial score (nSPS) is 11.0. The predicted molar refractivity (Wildman–Crippen MR) is 99.7 cm³/mol. The highest BCUT2D eigenvalue weighted by molar-refractivity contribution is 7.98. The minimum absolute atomic E-state index is 0.210. The van der Waals surface area contributed by atoms with Crippen LogP contribution in [-0.2, 0) is 12.3 Å². The van der Waals surface area contributed by atoms with E-state index in [1.54, 1.807) is 11.8 Å². The van der Waals surface area contributed by atoms with Crippen molar-refractivity contribution in [3.8, 4) is 0 Å². The van der Waals surface area contributed by atoms with Crippen molar-refractivity contribution in [3.05, 3.63) is 88.5 Å². The van der Waals surface area contributed by atoms with Gasteiger partial charge in [0.05, 0.1) is 12.9 Å². The Morgan fingerprint density at radius 2 is 1.64 bits per heavy atom. The fourth-order valence-corrected chi connectivity index (χ4v) is 3.62. The zero-order valence-electron chi connectivity index (χ0n) is 13.4. The molecule has 0 radical (unpaired) electrons. The molecule has 4 rings (SSSR count). The number of H-pyrrole nitrogens is 1. The lowest BCUT2D eigenvalue weighted by atomic mass is 10.2. The van der Waals surface area contributed by atoms with E-state index in [2.05, 4.69) is 39.2 Å². The van der Waals surface area contributed by atoms with Crippen LogP contribution in [0.1, 0.15) is 11.1 Å². The average molecular weight is 348 g/mol. The fraction of sp³-hybridized carbons (Fsp3) is 0.105. The molecule has 1 N–H and O–H groups in total. The zero-order valence-corrected chi connectivity index (χ0v) is 14.2. The van der Waals surface area contributed by atoms with Gasteiger partial charge in [-0.15, -0.1) is 0 Å². The number of hydrogen-bond acceptors (Lipinski definition) is 4. The smallest absolute Gasteiger partial charge is 0.278 e. The van der Waals surface area contributed by atoms with Crippen LogP contribution >= 0.6 is 11.8 Å². The van der Waals surface area contributed by atoms with Gasteiger partial charge in [0.25, 0.3) is 5.56 Å². The summed E-state index contributed by atoms with van der Waals surface area (Å²) in [6.45, 7) is 0.630. The standard InChI is InChI=1S/C19H16N4OS/c24-18-16-17(20-13-21-18)23(11-14-7-3-1-4-8-14)19(22-16)25-12-15-9-5-2-6-10-15/h1-10,13H,11-12H2,(H,20,21,24). The lowest BCUT2D eigenvalue weighted by molar-refractivity contribution is 0.723. The van der Waals surface area contributed by atoms with Crippen LogP contribution in [0, 0.1) is 0 Å². The number of aromatic amines is 1. The summed E-state index contributed by atoms with van der Waals surface area (Å²) in [6.07, 6.45) is 1.43. The van der Waals surface area contributed by atoms with Gasteiger partial charge in [-0.25, -0.2) is 9.97 Å². The van der Waals surface area contributed by atoms with Crippen LogP contribution < -0.4 is 5.56 Å². The second-order valence-corrected chi connectivity index (χ2v) is 6.59. The molecule has 0 atom stereocenters. The van der Waals surface area contributed by atoms with E-state index in [0.29, 0.717) is 17.7 Å². The molecular weight excluding hydrogens is 332 g/mol.